The normalized spacial score (nSPS) is 18.9. The van der Waals surface area contributed by atoms with E-state index >= 15 is 0 Å². The summed E-state index contributed by atoms with van der Waals surface area (Å²) in [6.07, 6.45) is 7.34. The van der Waals surface area contributed by atoms with Crippen LogP contribution < -0.4 is 10.8 Å². The van der Waals surface area contributed by atoms with Crippen LogP contribution in [0.5, 0.6) is 0 Å². The molecule has 1 amide bonds. The maximum atomic E-state index is 11.3. The van der Waals surface area contributed by atoms with Crippen molar-refractivity contribution in [3.05, 3.63) is 0 Å². The third-order valence-electron chi connectivity index (χ3n) is 2.60. The number of amides is 1. The van der Waals surface area contributed by atoms with Gasteiger partial charge in [0.1, 0.15) is 0 Å². The lowest BCUT2D eigenvalue weighted by Crippen LogP contribution is -2.39. The highest BCUT2D eigenvalue weighted by atomic mass is 16.6. The van der Waals surface area contributed by atoms with Crippen molar-refractivity contribution in [2.75, 3.05) is 13.7 Å². The molecule has 82 valence electrons. The highest BCUT2D eigenvalue weighted by molar-refractivity contribution is 5.78. The SMILES string of the molecule is CONCC(=O)NC1CCCCCC1. The van der Waals surface area contributed by atoms with Gasteiger partial charge in [-0.1, -0.05) is 25.7 Å². The Hall–Kier alpha value is -0.610. The Kier molecular flexibility index (Phi) is 5.56. The molecule has 0 aromatic heterocycles. The van der Waals surface area contributed by atoms with Gasteiger partial charge in [0.2, 0.25) is 5.91 Å². The monoisotopic (exact) mass is 200 g/mol. The van der Waals surface area contributed by atoms with E-state index in [1.165, 1.54) is 32.8 Å². The van der Waals surface area contributed by atoms with Gasteiger partial charge in [-0.2, -0.15) is 5.48 Å². The molecule has 0 radical (unpaired) electrons. The number of hydrogen-bond acceptors (Lipinski definition) is 3. The number of rotatable bonds is 4. The molecule has 0 spiro atoms. The molecule has 0 heterocycles. The molecule has 14 heavy (non-hydrogen) atoms. The van der Waals surface area contributed by atoms with Crippen LogP contribution in [0.1, 0.15) is 38.5 Å². The van der Waals surface area contributed by atoms with E-state index in [0.29, 0.717) is 6.04 Å². The van der Waals surface area contributed by atoms with Gasteiger partial charge in [-0.05, 0) is 12.8 Å². The molecule has 0 bridgehead atoms. The lowest BCUT2D eigenvalue weighted by atomic mass is 10.1. The number of nitrogens with one attached hydrogen (secondary N) is 2. The second-order valence-corrected chi connectivity index (χ2v) is 3.78. The van der Waals surface area contributed by atoms with Gasteiger partial charge in [-0.25, -0.2) is 0 Å². The molecule has 2 N–H and O–H groups in total. The Morgan fingerprint density at radius 3 is 2.50 bits per heavy atom. The Bertz CT molecular complexity index is 166. The average molecular weight is 200 g/mol. The van der Waals surface area contributed by atoms with Crippen LogP contribution in [-0.4, -0.2) is 25.6 Å². The first-order valence-electron chi connectivity index (χ1n) is 5.38. The predicted molar refractivity (Wildman–Crippen MR) is 54.6 cm³/mol. The number of hydroxylamine groups is 1. The largest absolute Gasteiger partial charge is 0.352 e. The fourth-order valence-electron chi connectivity index (χ4n) is 1.84. The van der Waals surface area contributed by atoms with E-state index in [1.807, 2.05) is 0 Å². The summed E-state index contributed by atoms with van der Waals surface area (Å²) in [6, 6.07) is 0.378. The van der Waals surface area contributed by atoms with Crippen molar-refractivity contribution in [1.82, 2.24) is 10.8 Å². The van der Waals surface area contributed by atoms with Crippen LogP contribution >= 0.6 is 0 Å². The molecule has 0 aromatic rings. The van der Waals surface area contributed by atoms with E-state index < -0.39 is 0 Å². The van der Waals surface area contributed by atoms with Gasteiger partial charge in [0.15, 0.2) is 0 Å². The van der Waals surface area contributed by atoms with Crippen molar-refractivity contribution in [2.24, 2.45) is 0 Å². The summed E-state index contributed by atoms with van der Waals surface area (Å²) in [4.78, 5) is 15.9. The number of carbonyl (C=O) groups excluding carboxylic acids is 1. The van der Waals surface area contributed by atoms with Crippen molar-refractivity contribution in [1.29, 1.82) is 0 Å². The summed E-state index contributed by atoms with van der Waals surface area (Å²) in [5.74, 6) is 0.0266. The lowest BCUT2D eigenvalue weighted by molar-refractivity contribution is -0.123. The fourth-order valence-corrected chi connectivity index (χ4v) is 1.84. The maximum absolute atomic E-state index is 11.3. The third-order valence-corrected chi connectivity index (χ3v) is 2.60. The Balaban J connectivity index is 2.17. The van der Waals surface area contributed by atoms with Crippen molar-refractivity contribution < 1.29 is 9.63 Å². The van der Waals surface area contributed by atoms with Gasteiger partial charge in [0.25, 0.3) is 0 Å². The summed E-state index contributed by atoms with van der Waals surface area (Å²) in [5.41, 5.74) is 2.54. The lowest BCUT2D eigenvalue weighted by Gasteiger charge is -2.15. The minimum atomic E-state index is 0.0266. The van der Waals surface area contributed by atoms with E-state index in [0.717, 1.165) is 12.8 Å². The topological polar surface area (TPSA) is 50.4 Å². The molecular weight excluding hydrogens is 180 g/mol. The quantitative estimate of drug-likeness (QED) is 0.525. The van der Waals surface area contributed by atoms with Crippen LogP contribution in [0.4, 0.5) is 0 Å². The van der Waals surface area contributed by atoms with Gasteiger partial charge in [-0.3, -0.25) is 4.79 Å². The van der Waals surface area contributed by atoms with Crippen LogP contribution in [0.15, 0.2) is 0 Å². The van der Waals surface area contributed by atoms with Crippen LogP contribution in [0.25, 0.3) is 0 Å². The van der Waals surface area contributed by atoms with Gasteiger partial charge < -0.3 is 10.2 Å². The molecule has 1 saturated carbocycles. The van der Waals surface area contributed by atoms with E-state index in [4.69, 9.17) is 0 Å². The van der Waals surface area contributed by atoms with E-state index in [1.54, 1.807) is 0 Å². The van der Waals surface area contributed by atoms with Gasteiger partial charge >= 0.3 is 0 Å². The third kappa shape index (κ3) is 4.58. The molecule has 4 nitrogen and oxygen atoms in total. The van der Waals surface area contributed by atoms with E-state index in [-0.39, 0.29) is 12.5 Å². The highest BCUT2D eigenvalue weighted by Crippen LogP contribution is 2.16. The molecule has 0 saturated heterocycles. The molecule has 4 heteroatoms. The first-order valence-corrected chi connectivity index (χ1v) is 5.38. The van der Waals surface area contributed by atoms with Crippen LogP contribution in [0.3, 0.4) is 0 Å². The molecule has 1 fully saturated rings. The average Bonchev–Trinajstić information content (AvgIpc) is 2.43. The van der Waals surface area contributed by atoms with Crippen molar-refractivity contribution in [3.8, 4) is 0 Å². The van der Waals surface area contributed by atoms with Gasteiger partial charge in [-0.15, -0.1) is 0 Å². The standard InChI is InChI=1S/C10H20N2O2/c1-14-11-8-10(13)12-9-6-4-2-3-5-7-9/h9,11H,2-8H2,1H3,(H,12,13). The number of hydrogen-bond donors (Lipinski definition) is 2. The summed E-state index contributed by atoms with van der Waals surface area (Å²) >= 11 is 0. The van der Waals surface area contributed by atoms with Crippen LogP contribution in [0, 0.1) is 0 Å². The minimum Gasteiger partial charge on any atom is -0.352 e. The predicted octanol–water partition coefficient (Wildman–Crippen LogP) is 0.976. The van der Waals surface area contributed by atoms with Crippen LogP contribution in [0.2, 0.25) is 0 Å². The van der Waals surface area contributed by atoms with Crippen LogP contribution in [-0.2, 0) is 9.63 Å². The Labute approximate surface area is 85.3 Å². The second-order valence-electron chi connectivity index (χ2n) is 3.78. The van der Waals surface area contributed by atoms with Crippen molar-refractivity contribution in [2.45, 2.75) is 44.6 Å². The van der Waals surface area contributed by atoms with Gasteiger partial charge in [0, 0.05) is 6.04 Å². The second kappa shape index (κ2) is 6.79. The summed E-state index contributed by atoms with van der Waals surface area (Å²) in [6.45, 7) is 0.243. The smallest absolute Gasteiger partial charge is 0.236 e. The molecule has 1 aliphatic rings. The number of carbonyl (C=O) groups is 1. The first kappa shape index (κ1) is 11.5. The minimum absolute atomic E-state index is 0.0266. The Morgan fingerprint density at radius 1 is 1.29 bits per heavy atom. The highest BCUT2D eigenvalue weighted by Gasteiger charge is 2.13. The summed E-state index contributed by atoms with van der Waals surface area (Å²) < 4.78 is 0. The Morgan fingerprint density at radius 2 is 1.93 bits per heavy atom. The zero-order chi connectivity index (χ0) is 10.2. The van der Waals surface area contributed by atoms with E-state index in [9.17, 15) is 4.79 Å². The first-order chi connectivity index (χ1) is 6.83. The summed E-state index contributed by atoms with van der Waals surface area (Å²) in [7, 11) is 1.51. The fraction of sp³-hybridized carbons (Fsp3) is 0.900. The molecule has 0 atom stereocenters. The molecular formula is C10H20N2O2. The van der Waals surface area contributed by atoms with Crippen molar-refractivity contribution >= 4 is 5.91 Å². The molecule has 0 aromatic carbocycles. The van der Waals surface area contributed by atoms with Gasteiger partial charge in [0.05, 0.1) is 13.7 Å². The zero-order valence-electron chi connectivity index (χ0n) is 8.84. The molecule has 0 unspecified atom stereocenters. The van der Waals surface area contributed by atoms with E-state index in [2.05, 4.69) is 15.6 Å². The molecule has 1 aliphatic carbocycles. The zero-order valence-corrected chi connectivity index (χ0v) is 8.84. The molecule has 0 aliphatic heterocycles. The maximum Gasteiger partial charge on any atom is 0.236 e. The van der Waals surface area contributed by atoms with Crippen molar-refractivity contribution in [3.63, 3.8) is 0 Å². The summed E-state index contributed by atoms with van der Waals surface area (Å²) in [5, 5.41) is 3.01. The molecule has 1 rings (SSSR count).